The van der Waals surface area contributed by atoms with Crippen molar-refractivity contribution in [3.8, 4) is 0 Å². The molecule has 0 bridgehead atoms. The molecule has 0 saturated heterocycles. The molecule has 0 aliphatic rings. The van der Waals surface area contributed by atoms with Crippen LogP contribution in [0, 0.1) is 0 Å². The molecule has 0 amide bonds. The van der Waals surface area contributed by atoms with E-state index in [1.165, 1.54) is 0 Å². The van der Waals surface area contributed by atoms with Gasteiger partial charge in [-0.25, -0.2) is 0 Å². The van der Waals surface area contributed by atoms with Crippen LogP contribution >= 0.6 is 24.4 Å². The second-order valence-electron chi connectivity index (χ2n) is 3.98. The zero-order chi connectivity index (χ0) is 16.5. The van der Waals surface area contributed by atoms with Gasteiger partial charge in [0, 0.05) is 11.4 Å². The average Bonchev–Trinajstić information content (AvgIpc) is 2.43. The Morgan fingerprint density at radius 1 is 0.909 bits per heavy atom. The van der Waals surface area contributed by atoms with Gasteiger partial charge in [-0.1, -0.05) is 6.07 Å². The van der Waals surface area contributed by atoms with E-state index >= 15 is 0 Å². The molecular formula is C12H14N4O4S2. The maximum Gasteiger partial charge on any atom is 0.322 e. The molecule has 10 heteroatoms. The summed E-state index contributed by atoms with van der Waals surface area (Å²) in [5, 5.41) is 28.1. The van der Waals surface area contributed by atoms with Crippen LogP contribution in [-0.4, -0.2) is 45.5 Å². The van der Waals surface area contributed by atoms with E-state index in [0.29, 0.717) is 11.4 Å². The third-order valence-electron chi connectivity index (χ3n) is 2.18. The van der Waals surface area contributed by atoms with E-state index in [0.717, 1.165) is 0 Å². The van der Waals surface area contributed by atoms with E-state index in [9.17, 15) is 9.59 Å². The van der Waals surface area contributed by atoms with Gasteiger partial charge in [-0.3, -0.25) is 9.59 Å². The largest absolute Gasteiger partial charge is 0.480 e. The zero-order valence-corrected chi connectivity index (χ0v) is 12.9. The summed E-state index contributed by atoms with van der Waals surface area (Å²) in [5.74, 6) is -2.04. The first-order valence-electron chi connectivity index (χ1n) is 6.00. The van der Waals surface area contributed by atoms with E-state index in [1.54, 1.807) is 24.3 Å². The standard InChI is InChI=1S/C12H14N4O4S2/c17-9(18)5-13-11(21)15-7-2-1-3-8(4-7)16-12(22)14-6-10(19)20/h1-4H,5-6H2,(H,17,18)(H,19,20)(H2,13,15,21)(H2,14,16,22). The number of hydrogen-bond acceptors (Lipinski definition) is 4. The first-order valence-corrected chi connectivity index (χ1v) is 6.82. The van der Waals surface area contributed by atoms with Gasteiger partial charge in [0.25, 0.3) is 0 Å². The quantitative estimate of drug-likeness (QED) is 0.406. The lowest BCUT2D eigenvalue weighted by Gasteiger charge is -2.12. The molecule has 6 N–H and O–H groups in total. The summed E-state index contributed by atoms with van der Waals surface area (Å²) < 4.78 is 0. The lowest BCUT2D eigenvalue weighted by Crippen LogP contribution is -2.33. The normalized spacial score (nSPS) is 9.45. The highest BCUT2D eigenvalue weighted by atomic mass is 32.1. The molecule has 1 aromatic rings. The van der Waals surface area contributed by atoms with E-state index in [1.807, 2.05) is 0 Å². The molecular weight excluding hydrogens is 328 g/mol. The molecule has 0 saturated carbocycles. The molecule has 22 heavy (non-hydrogen) atoms. The highest BCUT2D eigenvalue weighted by Crippen LogP contribution is 2.14. The molecule has 0 aliphatic carbocycles. The summed E-state index contributed by atoms with van der Waals surface area (Å²) in [6.45, 7) is -0.570. The molecule has 0 radical (unpaired) electrons. The molecule has 0 atom stereocenters. The summed E-state index contributed by atoms with van der Waals surface area (Å²) in [4.78, 5) is 20.8. The first kappa shape index (κ1) is 17.6. The summed E-state index contributed by atoms with van der Waals surface area (Å²) in [7, 11) is 0. The van der Waals surface area contributed by atoms with Crippen molar-refractivity contribution in [2.45, 2.75) is 0 Å². The Hall–Kier alpha value is -2.46. The molecule has 8 nitrogen and oxygen atoms in total. The second kappa shape index (κ2) is 8.74. The minimum Gasteiger partial charge on any atom is -0.480 e. The average molecular weight is 342 g/mol. The van der Waals surface area contributed by atoms with Crippen molar-refractivity contribution >= 4 is 58.0 Å². The fourth-order valence-corrected chi connectivity index (χ4v) is 1.72. The number of rotatable bonds is 6. The van der Waals surface area contributed by atoms with Crippen molar-refractivity contribution in [3.63, 3.8) is 0 Å². The predicted molar refractivity (Wildman–Crippen MR) is 90.2 cm³/mol. The van der Waals surface area contributed by atoms with Crippen molar-refractivity contribution < 1.29 is 19.8 Å². The van der Waals surface area contributed by atoms with Crippen molar-refractivity contribution in [1.82, 2.24) is 10.6 Å². The highest BCUT2D eigenvalue weighted by molar-refractivity contribution is 7.80. The fourth-order valence-electron chi connectivity index (χ4n) is 1.34. The SMILES string of the molecule is O=C(O)CNC(=S)Nc1cccc(NC(=S)NCC(=O)O)c1. The smallest absolute Gasteiger partial charge is 0.322 e. The molecule has 0 heterocycles. The fraction of sp³-hybridized carbons (Fsp3) is 0.167. The maximum atomic E-state index is 10.4. The number of aliphatic carboxylic acids is 2. The molecule has 1 rings (SSSR count). The monoisotopic (exact) mass is 342 g/mol. The molecule has 118 valence electrons. The van der Waals surface area contributed by atoms with Crippen LogP contribution in [0.3, 0.4) is 0 Å². The number of nitrogens with one attached hydrogen (secondary N) is 4. The van der Waals surface area contributed by atoms with Crippen LogP contribution in [-0.2, 0) is 9.59 Å². The van der Waals surface area contributed by atoms with Gasteiger partial charge in [0.05, 0.1) is 0 Å². The Labute approximate surface area is 136 Å². The van der Waals surface area contributed by atoms with Gasteiger partial charge in [0.2, 0.25) is 0 Å². The predicted octanol–water partition coefficient (Wildman–Crippen LogP) is 0.429. The lowest BCUT2D eigenvalue weighted by atomic mass is 10.3. The second-order valence-corrected chi connectivity index (χ2v) is 4.80. The Bertz CT molecular complexity index is 547. The molecule has 0 unspecified atom stereocenters. The first-order chi connectivity index (χ1) is 10.4. The van der Waals surface area contributed by atoms with Gasteiger partial charge in [-0.05, 0) is 42.6 Å². The van der Waals surface area contributed by atoms with Crippen LogP contribution in [0.5, 0.6) is 0 Å². The van der Waals surface area contributed by atoms with E-state index in [-0.39, 0.29) is 23.3 Å². The summed E-state index contributed by atoms with van der Waals surface area (Å²) in [6, 6.07) is 6.87. The third kappa shape index (κ3) is 7.36. The summed E-state index contributed by atoms with van der Waals surface area (Å²) in [5.41, 5.74) is 1.24. The van der Waals surface area contributed by atoms with Gasteiger partial charge in [0.1, 0.15) is 13.1 Å². The molecule has 0 spiro atoms. The summed E-state index contributed by atoms with van der Waals surface area (Å²) in [6.07, 6.45) is 0. The maximum absolute atomic E-state index is 10.4. The van der Waals surface area contributed by atoms with E-state index < -0.39 is 11.9 Å². The number of carboxylic acid groups (broad SMARTS) is 2. The molecule has 1 aromatic carbocycles. The van der Waals surface area contributed by atoms with Crippen LogP contribution in [0.2, 0.25) is 0 Å². The third-order valence-corrected chi connectivity index (χ3v) is 2.67. The Kier molecular flexibility index (Phi) is 6.99. The van der Waals surface area contributed by atoms with Crippen LogP contribution in [0.4, 0.5) is 11.4 Å². The highest BCUT2D eigenvalue weighted by Gasteiger charge is 2.03. The van der Waals surface area contributed by atoms with Crippen molar-refractivity contribution in [2.75, 3.05) is 23.7 Å². The van der Waals surface area contributed by atoms with E-state index in [2.05, 4.69) is 21.3 Å². The van der Waals surface area contributed by atoms with Crippen LogP contribution in [0.25, 0.3) is 0 Å². The van der Waals surface area contributed by atoms with Crippen molar-refractivity contribution in [3.05, 3.63) is 24.3 Å². The number of hydrogen-bond donors (Lipinski definition) is 6. The minimum atomic E-state index is -1.02. The number of anilines is 2. The van der Waals surface area contributed by atoms with Crippen LogP contribution < -0.4 is 21.3 Å². The van der Waals surface area contributed by atoms with Crippen LogP contribution in [0.15, 0.2) is 24.3 Å². The molecule has 0 fully saturated rings. The summed E-state index contributed by atoms with van der Waals surface area (Å²) >= 11 is 9.89. The van der Waals surface area contributed by atoms with Gasteiger partial charge >= 0.3 is 11.9 Å². The number of carboxylic acids is 2. The number of benzene rings is 1. The molecule has 0 aromatic heterocycles. The Morgan fingerprint density at radius 2 is 1.32 bits per heavy atom. The zero-order valence-electron chi connectivity index (χ0n) is 11.3. The van der Waals surface area contributed by atoms with Crippen molar-refractivity contribution in [2.24, 2.45) is 0 Å². The van der Waals surface area contributed by atoms with Crippen LogP contribution in [0.1, 0.15) is 0 Å². The molecule has 0 aliphatic heterocycles. The minimum absolute atomic E-state index is 0.172. The number of carbonyl (C=O) groups is 2. The van der Waals surface area contributed by atoms with Gasteiger partial charge in [-0.2, -0.15) is 0 Å². The Balaban J connectivity index is 2.54. The Morgan fingerprint density at radius 3 is 1.68 bits per heavy atom. The number of thiocarbonyl (C=S) groups is 2. The van der Waals surface area contributed by atoms with E-state index in [4.69, 9.17) is 34.6 Å². The van der Waals surface area contributed by atoms with Gasteiger partial charge in [-0.15, -0.1) is 0 Å². The topological polar surface area (TPSA) is 123 Å². The van der Waals surface area contributed by atoms with Crippen molar-refractivity contribution in [1.29, 1.82) is 0 Å². The lowest BCUT2D eigenvalue weighted by molar-refractivity contribution is -0.136. The van der Waals surface area contributed by atoms with Gasteiger partial charge in [0.15, 0.2) is 10.2 Å². The van der Waals surface area contributed by atoms with Gasteiger partial charge < -0.3 is 31.5 Å².